The van der Waals surface area contributed by atoms with Gasteiger partial charge in [0, 0.05) is 11.6 Å². The summed E-state index contributed by atoms with van der Waals surface area (Å²) < 4.78 is 0. The van der Waals surface area contributed by atoms with E-state index in [2.05, 4.69) is 11.0 Å². The van der Waals surface area contributed by atoms with Gasteiger partial charge in [0.15, 0.2) is 0 Å². The third-order valence-corrected chi connectivity index (χ3v) is 3.63. The average molecular weight is 249 g/mol. The number of benzene rings is 1. The van der Waals surface area contributed by atoms with Gasteiger partial charge in [0.05, 0.1) is 11.6 Å². The molecule has 0 bridgehead atoms. The molecule has 0 spiro atoms. The van der Waals surface area contributed by atoms with Crippen molar-refractivity contribution in [3.05, 3.63) is 34.3 Å². The number of rotatable bonds is 2. The molecule has 1 aromatic carbocycles. The summed E-state index contributed by atoms with van der Waals surface area (Å²) in [6.07, 6.45) is 5.26. The van der Waals surface area contributed by atoms with E-state index in [4.69, 9.17) is 16.9 Å². The van der Waals surface area contributed by atoms with Gasteiger partial charge in [-0.25, -0.2) is 0 Å². The second kappa shape index (κ2) is 6.05. The van der Waals surface area contributed by atoms with Gasteiger partial charge in [0.1, 0.15) is 0 Å². The van der Waals surface area contributed by atoms with Crippen molar-refractivity contribution in [3.63, 3.8) is 0 Å². The predicted octanol–water partition coefficient (Wildman–Crippen LogP) is 3.59. The highest BCUT2D eigenvalue weighted by atomic mass is 35.5. The summed E-state index contributed by atoms with van der Waals surface area (Å²) in [5, 5.41) is 9.51. The Kier molecular flexibility index (Phi) is 4.42. The van der Waals surface area contributed by atoms with Crippen molar-refractivity contribution in [2.24, 2.45) is 0 Å². The minimum atomic E-state index is 0.634. The van der Waals surface area contributed by atoms with E-state index < -0.39 is 0 Å². The highest BCUT2D eigenvalue weighted by Gasteiger charge is 2.11. The molecule has 0 atom stereocenters. The first-order valence-electron chi connectivity index (χ1n) is 6.20. The number of nitriles is 1. The summed E-state index contributed by atoms with van der Waals surface area (Å²) in [6.45, 7) is 3.23. The second-order valence-corrected chi connectivity index (χ2v) is 5.02. The molecule has 1 heterocycles. The molecule has 0 aromatic heterocycles. The molecule has 1 aliphatic rings. The van der Waals surface area contributed by atoms with Crippen LogP contribution in [-0.2, 0) is 6.54 Å². The van der Waals surface area contributed by atoms with Crippen LogP contribution in [0.25, 0.3) is 0 Å². The Labute approximate surface area is 108 Å². The van der Waals surface area contributed by atoms with Crippen LogP contribution in [0.3, 0.4) is 0 Å². The van der Waals surface area contributed by atoms with Crippen molar-refractivity contribution >= 4 is 11.6 Å². The van der Waals surface area contributed by atoms with Crippen LogP contribution >= 0.6 is 11.6 Å². The molecule has 1 fully saturated rings. The smallest absolute Gasteiger partial charge is 0.0992 e. The summed E-state index contributed by atoms with van der Waals surface area (Å²) >= 11 is 6.19. The standard InChI is InChI=1S/C14H17ClN2/c15-14-9-12(10-16)5-6-13(14)11-17-7-3-1-2-4-8-17/h5-6,9H,1-4,7-8,11H2. The summed E-state index contributed by atoms with van der Waals surface area (Å²) in [7, 11) is 0. The Morgan fingerprint density at radius 1 is 1.18 bits per heavy atom. The number of halogens is 1. The van der Waals surface area contributed by atoms with E-state index in [1.165, 1.54) is 25.7 Å². The Bertz CT molecular complexity index is 415. The van der Waals surface area contributed by atoms with E-state index in [0.717, 1.165) is 25.2 Å². The van der Waals surface area contributed by atoms with Crippen molar-refractivity contribution in [3.8, 4) is 6.07 Å². The van der Waals surface area contributed by atoms with Gasteiger partial charge in [0.25, 0.3) is 0 Å². The monoisotopic (exact) mass is 248 g/mol. The molecule has 0 unspecified atom stereocenters. The molecular weight excluding hydrogens is 232 g/mol. The highest BCUT2D eigenvalue weighted by molar-refractivity contribution is 6.31. The van der Waals surface area contributed by atoms with Gasteiger partial charge < -0.3 is 0 Å². The van der Waals surface area contributed by atoms with Crippen LogP contribution in [0.5, 0.6) is 0 Å². The maximum Gasteiger partial charge on any atom is 0.0992 e. The predicted molar refractivity (Wildman–Crippen MR) is 69.9 cm³/mol. The first-order valence-corrected chi connectivity index (χ1v) is 6.58. The topological polar surface area (TPSA) is 27.0 Å². The molecule has 3 heteroatoms. The first kappa shape index (κ1) is 12.4. The fourth-order valence-electron chi connectivity index (χ4n) is 2.28. The van der Waals surface area contributed by atoms with Gasteiger partial charge in [0.2, 0.25) is 0 Å². The fraction of sp³-hybridized carbons (Fsp3) is 0.500. The number of likely N-dealkylation sites (tertiary alicyclic amines) is 1. The Morgan fingerprint density at radius 3 is 2.47 bits per heavy atom. The van der Waals surface area contributed by atoms with Crippen LogP contribution < -0.4 is 0 Å². The van der Waals surface area contributed by atoms with Crippen LogP contribution in [0.1, 0.15) is 36.8 Å². The van der Waals surface area contributed by atoms with Gasteiger partial charge in [-0.15, -0.1) is 0 Å². The quantitative estimate of drug-likeness (QED) is 0.800. The summed E-state index contributed by atoms with van der Waals surface area (Å²) in [6, 6.07) is 7.69. The Hall–Kier alpha value is -1.04. The number of nitrogens with zero attached hydrogens (tertiary/aromatic N) is 2. The molecule has 0 aliphatic carbocycles. The summed E-state index contributed by atoms with van der Waals surface area (Å²) in [5.74, 6) is 0. The molecule has 0 N–H and O–H groups in total. The van der Waals surface area contributed by atoms with Crippen LogP contribution in [0, 0.1) is 11.3 Å². The van der Waals surface area contributed by atoms with Gasteiger partial charge in [-0.2, -0.15) is 5.26 Å². The molecule has 90 valence electrons. The molecule has 0 saturated carbocycles. The van der Waals surface area contributed by atoms with Crippen molar-refractivity contribution in [1.82, 2.24) is 4.90 Å². The molecule has 1 saturated heterocycles. The third kappa shape index (κ3) is 3.46. The molecule has 0 radical (unpaired) electrons. The van der Waals surface area contributed by atoms with Crippen molar-refractivity contribution in [2.45, 2.75) is 32.2 Å². The van der Waals surface area contributed by atoms with Gasteiger partial charge in [-0.05, 0) is 43.6 Å². The van der Waals surface area contributed by atoms with Gasteiger partial charge in [-0.1, -0.05) is 30.5 Å². The normalized spacial score (nSPS) is 17.4. The molecule has 2 rings (SSSR count). The van der Waals surface area contributed by atoms with E-state index in [1.54, 1.807) is 6.07 Å². The lowest BCUT2D eigenvalue weighted by atomic mass is 10.1. The lowest BCUT2D eigenvalue weighted by Gasteiger charge is -2.20. The second-order valence-electron chi connectivity index (χ2n) is 4.61. The molecule has 17 heavy (non-hydrogen) atoms. The maximum absolute atomic E-state index is 8.79. The zero-order valence-electron chi connectivity index (χ0n) is 9.95. The van der Waals surface area contributed by atoms with Crippen molar-refractivity contribution in [1.29, 1.82) is 5.26 Å². The summed E-state index contributed by atoms with van der Waals surface area (Å²) in [5.41, 5.74) is 1.77. The minimum absolute atomic E-state index is 0.634. The number of hydrogen-bond donors (Lipinski definition) is 0. The third-order valence-electron chi connectivity index (χ3n) is 3.27. The van der Waals surface area contributed by atoms with Crippen molar-refractivity contribution < 1.29 is 0 Å². The van der Waals surface area contributed by atoms with E-state index in [0.29, 0.717) is 10.6 Å². The minimum Gasteiger partial charge on any atom is -0.299 e. The summed E-state index contributed by atoms with van der Waals surface area (Å²) in [4.78, 5) is 2.46. The lowest BCUT2D eigenvalue weighted by Crippen LogP contribution is -2.24. The van der Waals surface area contributed by atoms with E-state index >= 15 is 0 Å². The lowest BCUT2D eigenvalue weighted by molar-refractivity contribution is 0.277. The first-order chi connectivity index (χ1) is 8.29. The molecule has 0 amide bonds. The largest absolute Gasteiger partial charge is 0.299 e. The zero-order valence-corrected chi connectivity index (χ0v) is 10.7. The maximum atomic E-state index is 8.79. The Balaban J connectivity index is 2.05. The van der Waals surface area contributed by atoms with E-state index in [1.807, 2.05) is 12.1 Å². The average Bonchev–Trinajstić information content (AvgIpc) is 2.60. The van der Waals surface area contributed by atoms with Crippen LogP contribution in [0.15, 0.2) is 18.2 Å². The van der Waals surface area contributed by atoms with E-state index in [-0.39, 0.29) is 0 Å². The Morgan fingerprint density at radius 2 is 1.88 bits per heavy atom. The van der Waals surface area contributed by atoms with E-state index in [9.17, 15) is 0 Å². The van der Waals surface area contributed by atoms with Gasteiger partial charge in [-0.3, -0.25) is 4.90 Å². The molecular formula is C14H17ClN2. The molecule has 2 nitrogen and oxygen atoms in total. The zero-order chi connectivity index (χ0) is 12.1. The molecule has 1 aromatic rings. The van der Waals surface area contributed by atoms with Crippen LogP contribution in [0.2, 0.25) is 5.02 Å². The SMILES string of the molecule is N#Cc1ccc(CN2CCCCCC2)c(Cl)c1. The number of hydrogen-bond acceptors (Lipinski definition) is 2. The highest BCUT2D eigenvalue weighted by Crippen LogP contribution is 2.21. The fourth-order valence-corrected chi connectivity index (χ4v) is 2.52. The van der Waals surface area contributed by atoms with Crippen molar-refractivity contribution in [2.75, 3.05) is 13.1 Å². The van der Waals surface area contributed by atoms with Gasteiger partial charge >= 0.3 is 0 Å². The van der Waals surface area contributed by atoms with Crippen LogP contribution in [0.4, 0.5) is 0 Å². The molecule has 1 aliphatic heterocycles. The van der Waals surface area contributed by atoms with Crippen LogP contribution in [-0.4, -0.2) is 18.0 Å².